The minimum absolute atomic E-state index is 0.0145. The molecule has 0 unspecified atom stereocenters. The van der Waals surface area contributed by atoms with Gasteiger partial charge in [-0.1, -0.05) is 18.2 Å². The molecule has 0 saturated carbocycles. The van der Waals surface area contributed by atoms with Gasteiger partial charge in [0.05, 0.1) is 7.11 Å². The maximum Gasteiger partial charge on any atom is 0.339 e. The lowest BCUT2D eigenvalue weighted by molar-refractivity contribution is -0.131. The molecule has 0 aromatic heterocycles. The number of fused-ring (bicyclic) bond motifs is 2. The third kappa shape index (κ3) is 2.61. The number of ether oxygens (including phenoxy) is 2. The third-order valence-corrected chi connectivity index (χ3v) is 5.42. The first-order valence-electron chi connectivity index (χ1n) is 8.41. The highest BCUT2D eigenvalue weighted by atomic mass is 35.5. The summed E-state index contributed by atoms with van der Waals surface area (Å²) in [6.07, 6.45) is 1.36. The zero-order chi connectivity index (χ0) is 18.4. The molecule has 4 rings (SSSR count). The molecular formula is C21H17ClO4. The second-order valence-corrected chi connectivity index (χ2v) is 7.04. The lowest BCUT2D eigenvalue weighted by Gasteiger charge is -2.34. The fraction of sp³-hybridized carbons (Fsp3) is 0.238. The summed E-state index contributed by atoms with van der Waals surface area (Å²) in [4.78, 5) is 25.4. The molecule has 0 saturated heterocycles. The molecule has 4 nitrogen and oxygen atoms in total. The number of aryl methyl sites for hydroxylation is 1. The molecule has 5 heteroatoms. The maximum absolute atomic E-state index is 13.2. The van der Waals surface area contributed by atoms with Crippen LogP contribution >= 0.6 is 11.6 Å². The molecule has 0 fully saturated rings. The highest BCUT2D eigenvalue weighted by molar-refractivity contribution is 6.30. The summed E-state index contributed by atoms with van der Waals surface area (Å²) in [6.45, 7) is 3.91. The van der Waals surface area contributed by atoms with Crippen molar-refractivity contribution >= 4 is 23.4 Å². The fourth-order valence-corrected chi connectivity index (χ4v) is 4.08. The number of benzene rings is 2. The number of esters is 1. The summed E-state index contributed by atoms with van der Waals surface area (Å²) in [5, 5.41) is 0.535. The Hall–Kier alpha value is -2.59. The molecule has 2 aromatic rings. The summed E-state index contributed by atoms with van der Waals surface area (Å²) in [6, 6.07) is 10.6. The molecule has 0 radical (unpaired) electrons. The van der Waals surface area contributed by atoms with Crippen molar-refractivity contribution in [3.8, 4) is 11.5 Å². The molecule has 0 N–H and O–H groups in total. The van der Waals surface area contributed by atoms with Crippen molar-refractivity contribution in [1.29, 1.82) is 0 Å². The van der Waals surface area contributed by atoms with Gasteiger partial charge in [0.15, 0.2) is 5.78 Å². The summed E-state index contributed by atoms with van der Waals surface area (Å²) >= 11 is 6.15. The Morgan fingerprint density at radius 1 is 1.19 bits per heavy atom. The van der Waals surface area contributed by atoms with Crippen LogP contribution in [0, 0.1) is 5.92 Å². The van der Waals surface area contributed by atoms with Crippen LogP contribution in [0.3, 0.4) is 0 Å². The van der Waals surface area contributed by atoms with Crippen molar-refractivity contribution in [3.05, 3.63) is 70.3 Å². The van der Waals surface area contributed by atoms with E-state index in [0.29, 0.717) is 28.3 Å². The minimum atomic E-state index is -0.488. The maximum atomic E-state index is 13.2. The second-order valence-electron chi connectivity index (χ2n) is 6.61. The van der Waals surface area contributed by atoms with Crippen LogP contribution in [0.4, 0.5) is 0 Å². The molecule has 2 atom stereocenters. The lowest BCUT2D eigenvalue weighted by Crippen LogP contribution is -2.34. The molecule has 26 heavy (non-hydrogen) atoms. The molecule has 1 aliphatic carbocycles. The molecular weight excluding hydrogens is 352 g/mol. The van der Waals surface area contributed by atoms with Crippen molar-refractivity contribution < 1.29 is 19.1 Å². The van der Waals surface area contributed by atoms with Gasteiger partial charge in [0, 0.05) is 33.6 Å². The SMILES string of the molecule is C=C1C(=O)Oc2ccc(Cl)cc2[C@H]1[C@@H]1CCc2cc(OC)ccc2C1=O. The number of carbonyl (C=O) groups is 2. The Labute approximate surface area is 156 Å². The van der Waals surface area contributed by atoms with Gasteiger partial charge in [-0.25, -0.2) is 4.79 Å². The van der Waals surface area contributed by atoms with Crippen LogP contribution in [-0.4, -0.2) is 18.9 Å². The van der Waals surface area contributed by atoms with Gasteiger partial charge in [0.1, 0.15) is 11.5 Å². The number of rotatable bonds is 2. The van der Waals surface area contributed by atoms with Crippen molar-refractivity contribution in [3.63, 3.8) is 0 Å². The van der Waals surface area contributed by atoms with E-state index in [0.717, 1.165) is 23.3 Å². The van der Waals surface area contributed by atoms with Crippen LogP contribution in [0.1, 0.15) is 33.8 Å². The van der Waals surface area contributed by atoms with Crippen LogP contribution in [0.15, 0.2) is 48.6 Å². The minimum Gasteiger partial charge on any atom is -0.497 e. The standard InChI is InChI=1S/C21H17ClO4/c1-11-19(17-10-13(22)4-8-18(17)26-21(11)24)16-6-3-12-9-14(25-2)5-7-15(12)20(16)23/h4-5,7-10,16,19H,1,3,6H2,2H3/t16-,19+/m0/s1. The Morgan fingerprint density at radius 3 is 2.77 bits per heavy atom. The smallest absolute Gasteiger partial charge is 0.339 e. The third-order valence-electron chi connectivity index (χ3n) is 5.19. The largest absolute Gasteiger partial charge is 0.497 e. The molecule has 0 amide bonds. The van der Waals surface area contributed by atoms with Crippen LogP contribution in [-0.2, 0) is 11.2 Å². The quantitative estimate of drug-likeness (QED) is 0.449. The zero-order valence-corrected chi connectivity index (χ0v) is 15.0. The van der Waals surface area contributed by atoms with Crippen molar-refractivity contribution in [2.75, 3.05) is 7.11 Å². The van der Waals surface area contributed by atoms with Crippen molar-refractivity contribution in [2.24, 2.45) is 5.92 Å². The zero-order valence-electron chi connectivity index (χ0n) is 14.3. The van der Waals surface area contributed by atoms with Gasteiger partial charge in [0.2, 0.25) is 0 Å². The Bertz CT molecular complexity index is 947. The van der Waals surface area contributed by atoms with Crippen LogP contribution in [0.25, 0.3) is 0 Å². The first-order valence-corrected chi connectivity index (χ1v) is 8.79. The molecule has 132 valence electrons. The monoisotopic (exact) mass is 368 g/mol. The average Bonchev–Trinajstić information content (AvgIpc) is 2.64. The van der Waals surface area contributed by atoms with E-state index in [4.69, 9.17) is 21.1 Å². The number of halogens is 1. The summed E-state index contributed by atoms with van der Waals surface area (Å²) in [7, 11) is 1.60. The van der Waals surface area contributed by atoms with Gasteiger partial charge in [-0.05, 0) is 54.8 Å². The highest BCUT2D eigenvalue weighted by Crippen LogP contribution is 2.46. The number of hydrogen-bond acceptors (Lipinski definition) is 4. The van der Waals surface area contributed by atoms with Gasteiger partial charge in [0.25, 0.3) is 0 Å². The predicted octanol–water partition coefficient (Wildman–Crippen LogP) is 4.35. The van der Waals surface area contributed by atoms with Crippen LogP contribution in [0.5, 0.6) is 11.5 Å². The van der Waals surface area contributed by atoms with E-state index in [1.165, 1.54) is 0 Å². The average molecular weight is 369 g/mol. The molecule has 0 bridgehead atoms. The number of methoxy groups -OCH3 is 1. The molecule has 1 heterocycles. The molecule has 2 aliphatic rings. The van der Waals surface area contributed by atoms with E-state index in [9.17, 15) is 9.59 Å². The highest BCUT2D eigenvalue weighted by Gasteiger charge is 2.42. The number of ketones is 1. The lowest BCUT2D eigenvalue weighted by atomic mass is 9.70. The number of Topliss-reactive ketones (excluding diaryl/α,β-unsaturated/α-hetero) is 1. The van der Waals surface area contributed by atoms with E-state index >= 15 is 0 Å². The van der Waals surface area contributed by atoms with E-state index in [1.54, 1.807) is 37.4 Å². The van der Waals surface area contributed by atoms with Gasteiger partial charge < -0.3 is 9.47 Å². The van der Waals surface area contributed by atoms with Gasteiger partial charge >= 0.3 is 5.97 Å². The normalized spacial score (nSPS) is 21.7. The molecule has 0 spiro atoms. The van der Waals surface area contributed by atoms with Crippen molar-refractivity contribution in [1.82, 2.24) is 0 Å². The Balaban J connectivity index is 1.78. The Kier molecular flexibility index (Phi) is 4.08. The van der Waals surface area contributed by atoms with E-state index < -0.39 is 11.9 Å². The predicted molar refractivity (Wildman–Crippen MR) is 98.1 cm³/mol. The number of hydrogen-bond donors (Lipinski definition) is 0. The van der Waals surface area contributed by atoms with Crippen LogP contribution < -0.4 is 9.47 Å². The topological polar surface area (TPSA) is 52.6 Å². The first kappa shape index (κ1) is 16.9. The summed E-state index contributed by atoms with van der Waals surface area (Å²) in [5.41, 5.74) is 2.70. The van der Waals surface area contributed by atoms with Crippen LogP contribution in [0.2, 0.25) is 5.02 Å². The van der Waals surface area contributed by atoms with E-state index in [1.807, 2.05) is 6.07 Å². The second kappa shape index (κ2) is 6.29. The first-order chi connectivity index (χ1) is 12.5. The van der Waals surface area contributed by atoms with E-state index in [-0.39, 0.29) is 11.7 Å². The fourth-order valence-electron chi connectivity index (χ4n) is 3.90. The Morgan fingerprint density at radius 2 is 2.00 bits per heavy atom. The van der Waals surface area contributed by atoms with Gasteiger partial charge in [-0.15, -0.1) is 0 Å². The van der Waals surface area contributed by atoms with Gasteiger partial charge in [-0.2, -0.15) is 0 Å². The number of carbonyl (C=O) groups excluding carboxylic acids is 2. The molecule has 1 aliphatic heterocycles. The van der Waals surface area contributed by atoms with Crippen molar-refractivity contribution in [2.45, 2.75) is 18.8 Å². The summed E-state index contributed by atoms with van der Waals surface area (Å²) < 4.78 is 10.6. The van der Waals surface area contributed by atoms with E-state index in [2.05, 4.69) is 6.58 Å². The molecule has 2 aromatic carbocycles. The van der Waals surface area contributed by atoms with Gasteiger partial charge in [-0.3, -0.25) is 4.79 Å². The summed E-state index contributed by atoms with van der Waals surface area (Å²) in [5.74, 6) is -0.0806.